The number of rotatable bonds is 4. The Balaban J connectivity index is 1.66. The number of hydrogen-bond donors (Lipinski definition) is 2. The zero-order chi connectivity index (χ0) is 17.0. The highest BCUT2D eigenvalue weighted by atomic mass is 79.9. The molecule has 1 aliphatic carbocycles. The fraction of sp³-hybridized carbons (Fsp3) is 0.353. The van der Waals surface area contributed by atoms with Crippen molar-refractivity contribution in [1.82, 2.24) is 15.3 Å². The van der Waals surface area contributed by atoms with E-state index in [0.717, 1.165) is 24.4 Å². The highest BCUT2D eigenvalue weighted by molar-refractivity contribution is 9.10. The summed E-state index contributed by atoms with van der Waals surface area (Å²) in [7, 11) is 0. The summed E-state index contributed by atoms with van der Waals surface area (Å²) in [6.45, 7) is 0.781. The van der Waals surface area contributed by atoms with Gasteiger partial charge in [0, 0.05) is 17.0 Å². The molecule has 126 valence electrons. The van der Waals surface area contributed by atoms with Crippen LogP contribution in [0, 0.1) is 0 Å². The first-order chi connectivity index (χ1) is 11.6. The number of nitrogens with one attached hydrogen (secondary N) is 2. The molecule has 1 fully saturated rings. The molecule has 0 amide bonds. The summed E-state index contributed by atoms with van der Waals surface area (Å²) < 4.78 is 0.692. The highest BCUT2D eigenvalue weighted by Crippen LogP contribution is 2.41. The van der Waals surface area contributed by atoms with E-state index < -0.39 is 0 Å². The third-order valence-electron chi connectivity index (χ3n) is 4.45. The van der Waals surface area contributed by atoms with Gasteiger partial charge in [-0.15, -0.1) is 0 Å². The van der Waals surface area contributed by atoms with E-state index in [4.69, 9.17) is 23.8 Å². The van der Waals surface area contributed by atoms with Crippen LogP contribution in [0.1, 0.15) is 31.2 Å². The van der Waals surface area contributed by atoms with Crippen LogP contribution in [0.15, 0.2) is 41.3 Å². The molecule has 0 saturated heterocycles. The van der Waals surface area contributed by atoms with E-state index in [1.807, 2.05) is 12.1 Å². The van der Waals surface area contributed by atoms with Crippen LogP contribution in [0.4, 0.5) is 5.82 Å². The molecule has 2 aromatic rings. The summed E-state index contributed by atoms with van der Waals surface area (Å²) in [6, 6.07) is 8.17. The number of nitrogens with zero attached hydrogens (tertiary/aromatic N) is 2. The zero-order valence-corrected chi connectivity index (χ0v) is 16.2. The fourth-order valence-corrected chi connectivity index (χ4v) is 3.80. The molecule has 0 unspecified atom stereocenters. The van der Waals surface area contributed by atoms with Gasteiger partial charge in [0.15, 0.2) is 10.9 Å². The minimum absolute atomic E-state index is 0.0854. The van der Waals surface area contributed by atoms with Gasteiger partial charge in [0.1, 0.15) is 4.60 Å². The molecule has 24 heavy (non-hydrogen) atoms. The van der Waals surface area contributed by atoms with Gasteiger partial charge in [-0.2, -0.15) is 0 Å². The smallest absolute Gasteiger partial charge is 0.172 e. The largest absolute Gasteiger partial charge is 0.362 e. The average Bonchev–Trinajstić information content (AvgIpc) is 3.05. The summed E-state index contributed by atoms with van der Waals surface area (Å²) in [5.41, 5.74) is 1.37. The number of hydrogen-bond acceptors (Lipinski definition) is 3. The Kier molecular flexibility index (Phi) is 5.69. The molecule has 0 aliphatic heterocycles. The van der Waals surface area contributed by atoms with Crippen LogP contribution in [0.2, 0.25) is 5.02 Å². The van der Waals surface area contributed by atoms with Crippen molar-refractivity contribution in [3.63, 3.8) is 0 Å². The van der Waals surface area contributed by atoms with Crippen molar-refractivity contribution in [2.45, 2.75) is 31.1 Å². The lowest BCUT2D eigenvalue weighted by atomic mass is 9.79. The first kappa shape index (κ1) is 17.6. The van der Waals surface area contributed by atoms with Crippen LogP contribution in [0.5, 0.6) is 0 Å². The van der Waals surface area contributed by atoms with E-state index in [2.05, 4.69) is 48.7 Å². The van der Waals surface area contributed by atoms with Gasteiger partial charge in [-0.3, -0.25) is 0 Å². The maximum absolute atomic E-state index is 6.19. The second kappa shape index (κ2) is 7.76. The SMILES string of the molecule is S=C(NCC1(c2cccc(Cl)c2)CCCC1)Nc1cnc(Br)cn1. The van der Waals surface area contributed by atoms with E-state index in [-0.39, 0.29) is 5.41 Å². The molecular formula is C17H18BrClN4S. The van der Waals surface area contributed by atoms with E-state index in [1.54, 1.807) is 12.4 Å². The summed E-state index contributed by atoms with van der Waals surface area (Å²) in [6.07, 6.45) is 8.01. The maximum Gasteiger partial charge on any atom is 0.172 e. The predicted octanol–water partition coefficient (Wildman–Crippen LogP) is 4.69. The van der Waals surface area contributed by atoms with Crippen molar-refractivity contribution < 1.29 is 0 Å². The Morgan fingerprint density at radius 2 is 2.04 bits per heavy atom. The second-order valence-corrected chi connectivity index (χ2v) is 7.69. The topological polar surface area (TPSA) is 49.8 Å². The van der Waals surface area contributed by atoms with Gasteiger partial charge in [-0.1, -0.05) is 36.6 Å². The van der Waals surface area contributed by atoms with Crippen LogP contribution in [-0.4, -0.2) is 21.6 Å². The molecule has 0 radical (unpaired) electrons. The molecule has 7 heteroatoms. The summed E-state index contributed by atoms with van der Waals surface area (Å²) in [5, 5.41) is 7.75. The van der Waals surface area contributed by atoms with Gasteiger partial charge in [-0.25, -0.2) is 9.97 Å². The van der Waals surface area contributed by atoms with E-state index >= 15 is 0 Å². The van der Waals surface area contributed by atoms with Gasteiger partial charge < -0.3 is 10.6 Å². The molecule has 1 saturated carbocycles. The second-order valence-electron chi connectivity index (χ2n) is 6.03. The van der Waals surface area contributed by atoms with Gasteiger partial charge in [0.2, 0.25) is 0 Å². The Morgan fingerprint density at radius 1 is 1.25 bits per heavy atom. The Bertz CT molecular complexity index is 717. The molecule has 2 N–H and O–H groups in total. The number of anilines is 1. The summed E-state index contributed by atoms with van der Waals surface area (Å²) in [5.74, 6) is 0.624. The third-order valence-corrected chi connectivity index (χ3v) is 5.34. The first-order valence-electron chi connectivity index (χ1n) is 7.86. The molecule has 0 spiro atoms. The first-order valence-corrected chi connectivity index (χ1v) is 9.44. The van der Waals surface area contributed by atoms with E-state index in [0.29, 0.717) is 15.5 Å². The summed E-state index contributed by atoms with van der Waals surface area (Å²) >= 11 is 14.9. The van der Waals surface area contributed by atoms with Crippen LogP contribution >= 0.6 is 39.7 Å². The number of benzene rings is 1. The Labute approximate surface area is 160 Å². The lowest BCUT2D eigenvalue weighted by Gasteiger charge is -2.30. The quantitative estimate of drug-likeness (QED) is 0.696. The molecule has 3 rings (SSSR count). The van der Waals surface area contributed by atoms with E-state index in [1.165, 1.54) is 18.4 Å². The Morgan fingerprint density at radius 3 is 2.71 bits per heavy atom. The minimum atomic E-state index is 0.0854. The van der Waals surface area contributed by atoms with E-state index in [9.17, 15) is 0 Å². The minimum Gasteiger partial charge on any atom is -0.362 e. The molecule has 1 aliphatic rings. The van der Waals surface area contributed by atoms with Crippen molar-refractivity contribution in [2.24, 2.45) is 0 Å². The molecule has 4 nitrogen and oxygen atoms in total. The maximum atomic E-state index is 6.19. The molecular weight excluding hydrogens is 408 g/mol. The van der Waals surface area contributed by atoms with Gasteiger partial charge in [0.25, 0.3) is 0 Å². The molecule has 1 aromatic carbocycles. The Hall–Kier alpha value is -1.24. The fourth-order valence-electron chi connectivity index (χ4n) is 3.22. The van der Waals surface area contributed by atoms with Gasteiger partial charge in [-0.05, 0) is 58.7 Å². The van der Waals surface area contributed by atoms with Crippen LogP contribution in [0.25, 0.3) is 0 Å². The highest BCUT2D eigenvalue weighted by Gasteiger charge is 2.35. The van der Waals surface area contributed by atoms with Gasteiger partial charge >= 0.3 is 0 Å². The van der Waals surface area contributed by atoms with Crippen molar-refractivity contribution in [2.75, 3.05) is 11.9 Å². The van der Waals surface area contributed by atoms with Crippen molar-refractivity contribution in [3.8, 4) is 0 Å². The third kappa shape index (κ3) is 4.23. The standard InChI is InChI=1S/C17H18BrClN4S/c18-14-9-21-15(10-20-14)23-16(24)22-11-17(6-1-2-7-17)12-4-3-5-13(19)8-12/h3-5,8-10H,1-2,6-7,11H2,(H2,21,22,23,24). The number of aromatic nitrogens is 2. The monoisotopic (exact) mass is 424 g/mol. The van der Waals surface area contributed by atoms with Crippen molar-refractivity contribution in [3.05, 3.63) is 51.8 Å². The van der Waals surface area contributed by atoms with Crippen LogP contribution in [0.3, 0.4) is 0 Å². The number of thiocarbonyl (C=S) groups is 1. The van der Waals surface area contributed by atoms with Crippen LogP contribution in [-0.2, 0) is 5.41 Å². The molecule has 0 atom stereocenters. The van der Waals surface area contributed by atoms with Crippen molar-refractivity contribution >= 4 is 50.7 Å². The predicted molar refractivity (Wildman–Crippen MR) is 106 cm³/mol. The van der Waals surface area contributed by atoms with Gasteiger partial charge in [0.05, 0.1) is 12.4 Å². The van der Waals surface area contributed by atoms with Crippen molar-refractivity contribution in [1.29, 1.82) is 0 Å². The number of halogens is 2. The molecule has 0 bridgehead atoms. The lowest BCUT2D eigenvalue weighted by Crippen LogP contribution is -2.40. The molecule has 1 heterocycles. The normalized spacial score (nSPS) is 15.9. The summed E-state index contributed by atoms with van der Waals surface area (Å²) in [4.78, 5) is 8.35. The zero-order valence-electron chi connectivity index (χ0n) is 13.1. The van der Waals surface area contributed by atoms with Crippen LogP contribution < -0.4 is 10.6 Å². The lowest BCUT2D eigenvalue weighted by molar-refractivity contribution is 0.435. The average molecular weight is 426 g/mol. The molecule has 1 aromatic heterocycles.